The lowest BCUT2D eigenvalue weighted by atomic mass is 10.2. The van der Waals surface area contributed by atoms with E-state index in [1.54, 1.807) is 18.2 Å². The molecule has 1 aliphatic heterocycles. The smallest absolute Gasteiger partial charge is 0.416 e. The monoisotopic (exact) mass is 466 g/mol. The van der Waals surface area contributed by atoms with Crippen molar-refractivity contribution in [1.82, 2.24) is 5.32 Å². The maximum absolute atomic E-state index is 12.8. The van der Waals surface area contributed by atoms with E-state index in [2.05, 4.69) is 20.8 Å². The summed E-state index contributed by atoms with van der Waals surface area (Å²) >= 11 is 1.24. The number of halogens is 3. The number of anilines is 1. The lowest BCUT2D eigenvalue weighted by Crippen LogP contribution is -2.20. The highest BCUT2D eigenvalue weighted by Crippen LogP contribution is 2.31. The van der Waals surface area contributed by atoms with Crippen LogP contribution in [0.3, 0.4) is 0 Å². The van der Waals surface area contributed by atoms with Crippen LogP contribution in [-0.2, 0) is 15.8 Å². The largest absolute Gasteiger partial charge is 0.493 e. The van der Waals surface area contributed by atoms with Gasteiger partial charge in [-0.3, -0.25) is 9.59 Å². The lowest BCUT2D eigenvalue weighted by molar-refractivity contribution is -0.137. The number of ether oxygens (including phenoxy) is 2. The van der Waals surface area contributed by atoms with Crippen molar-refractivity contribution in [2.75, 3.05) is 24.8 Å². The summed E-state index contributed by atoms with van der Waals surface area (Å²) in [5.41, 5.74) is -0.236. The van der Waals surface area contributed by atoms with E-state index in [0.717, 1.165) is 12.1 Å². The van der Waals surface area contributed by atoms with Crippen LogP contribution < -0.4 is 20.1 Å². The van der Waals surface area contributed by atoms with Crippen LogP contribution in [0.25, 0.3) is 0 Å². The quantitative estimate of drug-likeness (QED) is 0.482. The highest BCUT2D eigenvalue weighted by molar-refractivity contribution is 8.15. The Morgan fingerprint density at radius 3 is 2.75 bits per heavy atom. The van der Waals surface area contributed by atoms with Crippen LogP contribution in [0.2, 0.25) is 0 Å². The summed E-state index contributed by atoms with van der Waals surface area (Å²) in [7, 11) is 1.41. The van der Waals surface area contributed by atoms with Gasteiger partial charge >= 0.3 is 6.18 Å². The van der Waals surface area contributed by atoms with Crippen LogP contribution in [0.5, 0.6) is 11.5 Å². The van der Waals surface area contributed by atoms with Gasteiger partial charge in [0.1, 0.15) is 0 Å². The number of amidine groups is 1. The molecule has 0 radical (unpaired) electrons. The van der Waals surface area contributed by atoms with Gasteiger partial charge in [0, 0.05) is 5.69 Å². The van der Waals surface area contributed by atoms with Gasteiger partial charge in [-0.05, 0) is 42.0 Å². The zero-order valence-electron chi connectivity index (χ0n) is 16.6. The number of benzene rings is 2. The Hall–Kier alpha value is -3.54. The van der Waals surface area contributed by atoms with Gasteiger partial charge in [-0.25, -0.2) is 0 Å². The van der Waals surface area contributed by atoms with Gasteiger partial charge in [0.05, 0.1) is 24.6 Å². The molecule has 0 saturated carbocycles. The Morgan fingerprint density at radius 2 is 2.06 bits per heavy atom. The maximum atomic E-state index is 12.8. The second-order valence-corrected chi connectivity index (χ2v) is 7.28. The fraction of sp³-hybridized carbons (Fsp3) is 0.200. The zero-order valence-corrected chi connectivity index (χ0v) is 17.4. The number of methoxy groups -OCH3 is 1. The molecule has 0 spiro atoms. The Bertz CT molecular complexity index is 1070. The molecular weight excluding hydrogens is 449 g/mol. The van der Waals surface area contributed by atoms with Crippen molar-refractivity contribution < 1.29 is 32.2 Å². The predicted octanol–water partition coefficient (Wildman–Crippen LogP) is 3.28. The van der Waals surface area contributed by atoms with Crippen LogP contribution in [0, 0.1) is 0 Å². The van der Waals surface area contributed by atoms with Crippen LogP contribution in [0.15, 0.2) is 52.7 Å². The van der Waals surface area contributed by atoms with E-state index in [9.17, 15) is 22.8 Å². The van der Waals surface area contributed by atoms with Gasteiger partial charge in [0.2, 0.25) is 5.91 Å². The van der Waals surface area contributed by atoms with Crippen LogP contribution in [0.4, 0.5) is 18.9 Å². The Kier molecular flexibility index (Phi) is 7.36. The minimum Gasteiger partial charge on any atom is -0.493 e. The zero-order chi connectivity index (χ0) is 23.1. The molecule has 1 aliphatic rings. The van der Waals surface area contributed by atoms with Gasteiger partial charge in [-0.15, -0.1) is 5.10 Å². The molecule has 32 heavy (non-hydrogen) atoms. The molecule has 2 aromatic carbocycles. The molecule has 0 unspecified atom stereocenters. The van der Waals surface area contributed by atoms with E-state index in [1.165, 1.54) is 37.2 Å². The standard InChI is InChI=1S/C20H17F3N4O4S/c1-30-16-7-12(9-24-27-19-26-18(29)11-32-19)5-6-15(16)31-10-17(28)25-14-4-2-3-13(8-14)20(21,22)23/h2-9H,10-11H2,1H3,(H,25,28)(H,26,27,29). The minimum atomic E-state index is -4.51. The molecule has 168 valence electrons. The van der Waals surface area contributed by atoms with Crippen LogP contribution >= 0.6 is 11.8 Å². The topological polar surface area (TPSA) is 101 Å². The van der Waals surface area contributed by atoms with E-state index in [1.807, 2.05) is 0 Å². The second-order valence-electron chi connectivity index (χ2n) is 6.31. The number of alkyl halides is 3. The summed E-state index contributed by atoms with van der Waals surface area (Å²) in [6.45, 7) is -0.440. The molecule has 0 atom stereocenters. The Morgan fingerprint density at radius 1 is 1.25 bits per heavy atom. The van der Waals surface area contributed by atoms with Crippen molar-refractivity contribution in [2.45, 2.75) is 6.18 Å². The third kappa shape index (κ3) is 6.48. The summed E-state index contributed by atoms with van der Waals surface area (Å²) in [4.78, 5) is 23.2. The second kappa shape index (κ2) is 10.2. The van der Waals surface area contributed by atoms with Crippen molar-refractivity contribution in [3.8, 4) is 11.5 Å². The van der Waals surface area contributed by atoms with E-state index in [0.29, 0.717) is 22.2 Å². The number of thioether (sulfide) groups is 1. The average Bonchev–Trinajstić information content (AvgIpc) is 3.17. The highest BCUT2D eigenvalue weighted by Gasteiger charge is 2.30. The van der Waals surface area contributed by atoms with E-state index < -0.39 is 24.3 Å². The molecule has 2 amide bonds. The molecule has 12 heteroatoms. The Balaban J connectivity index is 1.59. The summed E-state index contributed by atoms with van der Waals surface area (Å²) in [6, 6.07) is 9.10. The molecule has 8 nitrogen and oxygen atoms in total. The molecule has 2 N–H and O–H groups in total. The molecule has 0 aliphatic carbocycles. The molecule has 0 bridgehead atoms. The number of nitrogens with zero attached hydrogens (tertiary/aromatic N) is 2. The molecule has 0 aromatic heterocycles. The first-order chi connectivity index (χ1) is 15.2. The third-order valence-electron chi connectivity index (χ3n) is 3.96. The number of amides is 2. The van der Waals surface area contributed by atoms with E-state index >= 15 is 0 Å². The maximum Gasteiger partial charge on any atom is 0.416 e. The van der Waals surface area contributed by atoms with Gasteiger partial charge in [0.15, 0.2) is 23.3 Å². The van der Waals surface area contributed by atoms with Gasteiger partial charge < -0.3 is 20.1 Å². The summed E-state index contributed by atoms with van der Waals surface area (Å²) in [5, 5.41) is 13.1. The first kappa shape index (κ1) is 23.1. The molecule has 3 rings (SSSR count). The van der Waals surface area contributed by atoms with Gasteiger partial charge in [0.25, 0.3) is 5.91 Å². The third-order valence-corrected chi connectivity index (χ3v) is 4.83. The SMILES string of the molecule is COc1cc(C=NN=C2NC(=O)CS2)ccc1OCC(=O)Nc1cccc(C(F)(F)F)c1. The summed E-state index contributed by atoms with van der Waals surface area (Å²) in [5.74, 6) is 0.106. The number of nitrogens with one attached hydrogen (secondary N) is 2. The van der Waals surface area contributed by atoms with Crippen molar-refractivity contribution in [3.05, 3.63) is 53.6 Å². The normalized spacial score (nSPS) is 15.1. The molecular formula is C20H17F3N4O4S. The van der Waals surface area contributed by atoms with Crippen LogP contribution in [0.1, 0.15) is 11.1 Å². The average molecular weight is 466 g/mol. The van der Waals surface area contributed by atoms with Crippen molar-refractivity contribution >= 4 is 40.6 Å². The number of carbonyl (C=O) groups is 2. The highest BCUT2D eigenvalue weighted by atomic mass is 32.2. The van der Waals surface area contributed by atoms with Gasteiger partial charge in [-0.2, -0.15) is 18.3 Å². The molecule has 1 heterocycles. The van der Waals surface area contributed by atoms with E-state index in [-0.39, 0.29) is 17.3 Å². The summed E-state index contributed by atoms with van der Waals surface area (Å²) in [6.07, 6.45) is -3.06. The molecule has 1 fully saturated rings. The minimum absolute atomic E-state index is 0.00480. The van der Waals surface area contributed by atoms with Crippen LogP contribution in [-0.4, -0.2) is 42.7 Å². The van der Waals surface area contributed by atoms with E-state index in [4.69, 9.17) is 9.47 Å². The van der Waals surface area contributed by atoms with Gasteiger partial charge in [-0.1, -0.05) is 17.8 Å². The summed E-state index contributed by atoms with van der Waals surface area (Å²) < 4.78 is 49.0. The first-order valence-electron chi connectivity index (χ1n) is 9.06. The fourth-order valence-corrected chi connectivity index (χ4v) is 3.16. The predicted molar refractivity (Wildman–Crippen MR) is 114 cm³/mol. The molecule has 1 saturated heterocycles. The fourth-order valence-electron chi connectivity index (χ4n) is 2.52. The number of carbonyl (C=O) groups excluding carboxylic acids is 2. The Labute approximate surface area is 184 Å². The first-order valence-corrected chi connectivity index (χ1v) is 10.0. The van der Waals surface area contributed by atoms with Crippen molar-refractivity contribution in [1.29, 1.82) is 0 Å². The van der Waals surface area contributed by atoms with Crippen molar-refractivity contribution in [3.63, 3.8) is 0 Å². The van der Waals surface area contributed by atoms with Crippen molar-refractivity contribution in [2.24, 2.45) is 10.2 Å². The number of hydrogen-bond donors (Lipinski definition) is 2. The lowest BCUT2D eigenvalue weighted by Gasteiger charge is -2.12. The number of rotatable bonds is 7. The molecule has 2 aromatic rings. The number of hydrogen-bond acceptors (Lipinski definition) is 7.